The molecular weight excluding hydrogens is 344 g/mol. The summed E-state index contributed by atoms with van der Waals surface area (Å²) in [6.45, 7) is 8.59. The van der Waals surface area contributed by atoms with Gasteiger partial charge in [0, 0.05) is 37.0 Å². The molecule has 26 heavy (non-hydrogen) atoms. The Morgan fingerprint density at radius 1 is 1.00 bits per heavy atom. The molecule has 2 aliphatic heterocycles. The summed E-state index contributed by atoms with van der Waals surface area (Å²) in [6, 6.07) is 1.44. The zero-order valence-electron chi connectivity index (χ0n) is 16.7. The van der Waals surface area contributed by atoms with Crippen LogP contribution in [0.25, 0.3) is 0 Å². The molecule has 7 heteroatoms. The van der Waals surface area contributed by atoms with E-state index < -0.39 is 0 Å². The minimum Gasteiger partial charge on any atom is -0.303 e. The summed E-state index contributed by atoms with van der Waals surface area (Å²) >= 11 is 1.81. The van der Waals surface area contributed by atoms with Crippen LogP contribution in [0.2, 0.25) is 0 Å². The molecule has 3 aliphatic rings. The lowest BCUT2D eigenvalue weighted by atomic mass is 9.69. The van der Waals surface area contributed by atoms with Crippen molar-refractivity contribution in [2.45, 2.75) is 68.4 Å². The lowest BCUT2D eigenvalue weighted by molar-refractivity contribution is 0.0369. The minimum atomic E-state index is 0.605. The van der Waals surface area contributed by atoms with Crippen molar-refractivity contribution in [2.75, 3.05) is 26.7 Å². The standard InChI is InChI=1S/C19H34N6S/c1-13-7-17-9-15(5-6-16(17)11-23(13)3)10-25-12-18(8-14(25)2)26-19-20-22-24(4)21-19/h13-18H,5-12H2,1-4H3/t13-,14?,15+,16+,17+,18?/m1/s1. The Morgan fingerprint density at radius 2 is 1.85 bits per heavy atom. The van der Waals surface area contributed by atoms with Crippen LogP contribution in [0.5, 0.6) is 0 Å². The number of hydrogen-bond donors (Lipinski definition) is 0. The molecule has 3 heterocycles. The summed E-state index contributed by atoms with van der Waals surface area (Å²) in [5, 5.41) is 13.9. The van der Waals surface area contributed by atoms with Gasteiger partial charge < -0.3 is 4.90 Å². The highest BCUT2D eigenvalue weighted by molar-refractivity contribution is 7.99. The second-order valence-electron chi connectivity index (χ2n) is 9.06. The minimum absolute atomic E-state index is 0.605. The van der Waals surface area contributed by atoms with E-state index in [1.165, 1.54) is 51.7 Å². The fourth-order valence-electron chi connectivity index (χ4n) is 5.47. The Morgan fingerprint density at radius 3 is 2.62 bits per heavy atom. The maximum atomic E-state index is 4.33. The van der Waals surface area contributed by atoms with Crippen LogP contribution >= 0.6 is 11.8 Å². The number of aryl methyl sites for hydroxylation is 1. The van der Waals surface area contributed by atoms with Crippen LogP contribution in [-0.4, -0.2) is 74.0 Å². The first-order valence-corrected chi connectivity index (χ1v) is 11.2. The third-order valence-corrected chi connectivity index (χ3v) is 8.14. The Balaban J connectivity index is 1.29. The second-order valence-corrected chi connectivity index (χ2v) is 10.3. The highest BCUT2D eigenvalue weighted by Crippen LogP contribution is 2.41. The Labute approximate surface area is 162 Å². The Kier molecular flexibility index (Phi) is 5.58. The average molecular weight is 379 g/mol. The molecule has 1 aliphatic carbocycles. The molecule has 0 N–H and O–H groups in total. The summed E-state index contributed by atoms with van der Waals surface area (Å²) in [5.74, 6) is 2.81. The highest BCUT2D eigenvalue weighted by atomic mass is 32.2. The monoisotopic (exact) mass is 378 g/mol. The smallest absolute Gasteiger partial charge is 0.231 e. The average Bonchev–Trinajstić information content (AvgIpc) is 3.15. The topological polar surface area (TPSA) is 50.1 Å². The van der Waals surface area contributed by atoms with Crippen LogP contribution in [0.1, 0.15) is 46.0 Å². The predicted octanol–water partition coefficient (Wildman–Crippen LogP) is 2.52. The van der Waals surface area contributed by atoms with Crippen molar-refractivity contribution < 1.29 is 0 Å². The third kappa shape index (κ3) is 4.09. The maximum absolute atomic E-state index is 4.33. The summed E-state index contributed by atoms with van der Waals surface area (Å²) < 4.78 is 0. The van der Waals surface area contributed by atoms with Gasteiger partial charge in [0.2, 0.25) is 5.16 Å². The number of aromatic nitrogens is 4. The molecule has 4 rings (SSSR count). The number of likely N-dealkylation sites (tertiary alicyclic amines) is 2. The summed E-state index contributed by atoms with van der Waals surface area (Å²) in [4.78, 5) is 6.86. The van der Waals surface area contributed by atoms with E-state index in [2.05, 4.69) is 46.1 Å². The summed E-state index contributed by atoms with van der Waals surface area (Å²) in [6.07, 6.45) is 6.97. The molecule has 1 aromatic heterocycles. The molecule has 2 saturated heterocycles. The quantitative estimate of drug-likeness (QED) is 0.802. The predicted molar refractivity (Wildman–Crippen MR) is 105 cm³/mol. The number of thioether (sulfide) groups is 1. The van der Waals surface area contributed by atoms with Gasteiger partial charge in [-0.1, -0.05) is 11.8 Å². The van der Waals surface area contributed by atoms with Gasteiger partial charge in [0.15, 0.2) is 0 Å². The Hall–Kier alpha value is -0.660. The molecule has 2 unspecified atom stereocenters. The van der Waals surface area contributed by atoms with E-state index in [9.17, 15) is 0 Å². The second kappa shape index (κ2) is 7.76. The first kappa shape index (κ1) is 18.7. The molecule has 1 aromatic rings. The van der Waals surface area contributed by atoms with Gasteiger partial charge in [0.25, 0.3) is 0 Å². The van der Waals surface area contributed by atoms with Crippen LogP contribution in [-0.2, 0) is 7.05 Å². The number of piperidine rings is 1. The molecule has 0 spiro atoms. The normalized spacial score (nSPS) is 39.2. The van der Waals surface area contributed by atoms with Crippen molar-refractivity contribution in [2.24, 2.45) is 24.8 Å². The van der Waals surface area contributed by atoms with Crippen molar-refractivity contribution in [1.29, 1.82) is 0 Å². The third-order valence-electron chi connectivity index (χ3n) is 7.09. The van der Waals surface area contributed by atoms with Gasteiger partial charge in [0.1, 0.15) is 0 Å². The number of nitrogens with zero attached hydrogens (tertiary/aromatic N) is 6. The van der Waals surface area contributed by atoms with E-state index in [0.717, 1.165) is 29.0 Å². The number of tetrazole rings is 1. The fourth-order valence-corrected chi connectivity index (χ4v) is 6.65. The van der Waals surface area contributed by atoms with Crippen molar-refractivity contribution in [3.05, 3.63) is 0 Å². The van der Waals surface area contributed by atoms with Gasteiger partial charge in [-0.3, -0.25) is 4.90 Å². The number of hydrogen-bond acceptors (Lipinski definition) is 6. The number of rotatable bonds is 4. The van der Waals surface area contributed by atoms with Gasteiger partial charge in [0.05, 0.1) is 7.05 Å². The van der Waals surface area contributed by atoms with Crippen molar-refractivity contribution in [1.82, 2.24) is 30.0 Å². The molecule has 1 saturated carbocycles. The van der Waals surface area contributed by atoms with Crippen LogP contribution in [0, 0.1) is 17.8 Å². The van der Waals surface area contributed by atoms with Crippen molar-refractivity contribution in [3.63, 3.8) is 0 Å². The van der Waals surface area contributed by atoms with E-state index in [1.54, 1.807) is 4.80 Å². The van der Waals surface area contributed by atoms with E-state index in [4.69, 9.17) is 0 Å². The van der Waals surface area contributed by atoms with Gasteiger partial charge in [-0.2, -0.15) is 4.80 Å². The van der Waals surface area contributed by atoms with Gasteiger partial charge in [-0.25, -0.2) is 0 Å². The molecule has 0 amide bonds. The lowest BCUT2D eigenvalue weighted by Gasteiger charge is -2.46. The molecule has 6 atom stereocenters. The molecule has 0 radical (unpaired) electrons. The van der Waals surface area contributed by atoms with Crippen LogP contribution in [0.4, 0.5) is 0 Å². The molecule has 146 valence electrons. The van der Waals surface area contributed by atoms with E-state index >= 15 is 0 Å². The van der Waals surface area contributed by atoms with Gasteiger partial charge >= 0.3 is 0 Å². The highest BCUT2D eigenvalue weighted by Gasteiger charge is 2.38. The SMILES string of the molecule is CC1CC(Sc2nnn(C)n2)CN1C[C@H]1CC[C@H]2CN(C)[C@H](C)C[C@H]2C1. The Bertz CT molecular complexity index is 607. The van der Waals surface area contributed by atoms with Gasteiger partial charge in [-0.15, -0.1) is 10.2 Å². The van der Waals surface area contributed by atoms with Crippen LogP contribution < -0.4 is 0 Å². The van der Waals surface area contributed by atoms with Crippen molar-refractivity contribution >= 4 is 11.8 Å². The zero-order valence-corrected chi connectivity index (χ0v) is 17.5. The first-order chi connectivity index (χ1) is 12.5. The lowest BCUT2D eigenvalue weighted by Crippen LogP contribution is -2.47. The fraction of sp³-hybridized carbons (Fsp3) is 0.947. The summed E-state index contributed by atoms with van der Waals surface area (Å²) in [5.41, 5.74) is 0. The molecule has 0 aromatic carbocycles. The molecular formula is C19H34N6S. The molecule has 3 fully saturated rings. The van der Waals surface area contributed by atoms with E-state index in [0.29, 0.717) is 11.3 Å². The summed E-state index contributed by atoms with van der Waals surface area (Å²) in [7, 11) is 4.14. The largest absolute Gasteiger partial charge is 0.303 e. The van der Waals surface area contributed by atoms with Gasteiger partial charge in [-0.05, 0) is 76.0 Å². The molecule has 0 bridgehead atoms. The van der Waals surface area contributed by atoms with Crippen LogP contribution in [0.15, 0.2) is 5.16 Å². The first-order valence-electron chi connectivity index (χ1n) is 10.3. The maximum Gasteiger partial charge on any atom is 0.231 e. The zero-order chi connectivity index (χ0) is 18.3. The van der Waals surface area contributed by atoms with E-state index in [-0.39, 0.29) is 0 Å². The molecule has 6 nitrogen and oxygen atoms in total. The van der Waals surface area contributed by atoms with Crippen molar-refractivity contribution in [3.8, 4) is 0 Å². The van der Waals surface area contributed by atoms with E-state index in [1.807, 2.05) is 18.8 Å². The number of fused-ring (bicyclic) bond motifs is 1. The van der Waals surface area contributed by atoms with Crippen LogP contribution in [0.3, 0.4) is 0 Å².